The van der Waals surface area contributed by atoms with Crippen LogP contribution in [0, 0.1) is 0 Å². The molecule has 2 aromatic rings. The average Bonchev–Trinajstić information content (AvgIpc) is 3.08. The van der Waals surface area contributed by atoms with E-state index in [0.29, 0.717) is 12.5 Å². The van der Waals surface area contributed by atoms with Crippen LogP contribution in [0.25, 0.3) is 0 Å². The van der Waals surface area contributed by atoms with Crippen LogP contribution in [0.3, 0.4) is 0 Å². The Morgan fingerprint density at radius 1 is 1.27 bits per heavy atom. The first-order valence-electron chi connectivity index (χ1n) is 7.31. The number of hydrogen-bond acceptors (Lipinski definition) is 4. The quantitative estimate of drug-likeness (QED) is 0.722. The van der Waals surface area contributed by atoms with Gasteiger partial charge in [0.05, 0.1) is 5.56 Å². The minimum Gasteiger partial charge on any atom is -0.396 e. The number of benzene rings is 1. The smallest absolute Gasteiger partial charge is 0.252 e. The Balaban J connectivity index is 1.90. The fraction of sp³-hybridized carbons (Fsp3) is 0.353. The Kier molecular flexibility index (Phi) is 6.96. The summed E-state index contributed by atoms with van der Waals surface area (Å²) in [6.07, 6.45) is 3.55. The lowest BCUT2D eigenvalue weighted by molar-refractivity contribution is 0.0949. The first-order valence-corrected chi connectivity index (χ1v) is 9.42. The summed E-state index contributed by atoms with van der Waals surface area (Å²) >= 11 is 3.28. The van der Waals surface area contributed by atoms with Crippen molar-refractivity contribution in [2.75, 3.05) is 19.4 Å². The molecule has 0 aliphatic carbocycles. The summed E-state index contributed by atoms with van der Waals surface area (Å²) < 4.78 is 0. The van der Waals surface area contributed by atoms with Crippen LogP contribution < -0.4 is 5.32 Å². The van der Waals surface area contributed by atoms with Crippen molar-refractivity contribution in [1.29, 1.82) is 0 Å². The molecule has 0 radical (unpaired) electrons. The van der Waals surface area contributed by atoms with Gasteiger partial charge in [0.25, 0.3) is 5.91 Å². The Hall–Kier alpha value is -1.30. The molecule has 1 aromatic carbocycles. The number of thioether (sulfide) groups is 1. The molecule has 0 aliphatic heterocycles. The van der Waals surface area contributed by atoms with Crippen molar-refractivity contribution in [2.45, 2.75) is 23.7 Å². The summed E-state index contributed by atoms with van der Waals surface area (Å²) in [5.74, 6) is 0.278. The Labute approximate surface area is 139 Å². The van der Waals surface area contributed by atoms with Gasteiger partial charge in [-0.25, -0.2) is 0 Å². The lowest BCUT2D eigenvalue weighted by Gasteiger charge is -2.15. The van der Waals surface area contributed by atoms with E-state index in [-0.39, 0.29) is 12.5 Å². The normalized spacial score (nSPS) is 12.1. The second-order valence-electron chi connectivity index (χ2n) is 4.97. The molecule has 118 valence electrons. The van der Waals surface area contributed by atoms with Gasteiger partial charge in [0.2, 0.25) is 0 Å². The molecule has 1 aromatic heterocycles. The number of thiophene rings is 1. The first kappa shape index (κ1) is 17.1. The van der Waals surface area contributed by atoms with Gasteiger partial charge in [-0.15, -0.1) is 23.1 Å². The topological polar surface area (TPSA) is 49.3 Å². The van der Waals surface area contributed by atoms with Gasteiger partial charge in [0.15, 0.2) is 0 Å². The van der Waals surface area contributed by atoms with Gasteiger partial charge in [-0.2, -0.15) is 0 Å². The van der Waals surface area contributed by atoms with E-state index >= 15 is 0 Å². The minimum atomic E-state index is -0.0288. The molecule has 5 heteroatoms. The predicted octanol–water partition coefficient (Wildman–Crippen LogP) is 3.76. The van der Waals surface area contributed by atoms with Gasteiger partial charge in [-0.3, -0.25) is 4.79 Å². The summed E-state index contributed by atoms with van der Waals surface area (Å²) in [4.78, 5) is 14.5. The maximum Gasteiger partial charge on any atom is 0.252 e. The van der Waals surface area contributed by atoms with E-state index in [1.165, 1.54) is 4.88 Å². The summed E-state index contributed by atoms with van der Waals surface area (Å²) in [7, 11) is 0. The zero-order valence-corrected chi connectivity index (χ0v) is 14.3. The average molecular weight is 335 g/mol. The van der Waals surface area contributed by atoms with Crippen LogP contribution >= 0.6 is 23.1 Å². The molecule has 1 atom stereocenters. The zero-order chi connectivity index (χ0) is 15.8. The van der Waals surface area contributed by atoms with Crippen LogP contribution in [-0.4, -0.2) is 30.4 Å². The molecule has 0 spiro atoms. The van der Waals surface area contributed by atoms with Crippen molar-refractivity contribution in [3.63, 3.8) is 0 Å². The van der Waals surface area contributed by atoms with Crippen LogP contribution in [0.5, 0.6) is 0 Å². The molecule has 2 rings (SSSR count). The second kappa shape index (κ2) is 8.98. The predicted molar refractivity (Wildman–Crippen MR) is 93.9 cm³/mol. The monoisotopic (exact) mass is 335 g/mol. The number of aliphatic hydroxyl groups is 1. The van der Waals surface area contributed by atoms with Crippen LogP contribution in [-0.2, 0) is 0 Å². The molecular weight excluding hydrogens is 314 g/mol. The maximum atomic E-state index is 12.3. The van der Waals surface area contributed by atoms with Crippen molar-refractivity contribution in [3.8, 4) is 0 Å². The highest BCUT2D eigenvalue weighted by atomic mass is 32.2. The molecule has 3 nitrogen and oxygen atoms in total. The molecule has 0 aliphatic rings. The third kappa shape index (κ3) is 4.60. The van der Waals surface area contributed by atoms with Crippen LogP contribution in [0.2, 0.25) is 0 Å². The third-order valence-corrected chi connectivity index (χ3v) is 5.38. The van der Waals surface area contributed by atoms with Gasteiger partial charge < -0.3 is 10.4 Å². The third-order valence-electron chi connectivity index (χ3n) is 3.55. The summed E-state index contributed by atoms with van der Waals surface area (Å²) in [5.41, 5.74) is 0.727. The van der Waals surface area contributed by atoms with E-state index in [9.17, 15) is 9.90 Å². The van der Waals surface area contributed by atoms with Gasteiger partial charge in [0, 0.05) is 22.9 Å². The fourth-order valence-corrected chi connectivity index (χ4v) is 3.89. The molecule has 0 saturated carbocycles. The van der Waals surface area contributed by atoms with Gasteiger partial charge in [-0.05, 0) is 48.6 Å². The fourth-order valence-electron chi connectivity index (χ4n) is 2.40. The molecule has 1 heterocycles. The highest BCUT2D eigenvalue weighted by Gasteiger charge is 2.14. The van der Waals surface area contributed by atoms with Crippen molar-refractivity contribution in [1.82, 2.24) is 5.32 Å². The van der Waals surface area contributed by atoms with Crippen molar-refractivity contribution in [3.05, 3.63) is 52.2 Å². The van der Waals surface area contributed by atoms with Crippen molar-refractivity contribution in [2.24, 2.45) is 0 Å². The van der Waals surface area contributed by atoms with Crippen molar-refractivity contribution < 1.29 is 9.90 Å². The molecule has 0 bridgehead atoms. The van der Waals surface area contributed by atoms with E-state index in [1.54, 1.807) is 23.1 Å². The van der Waals surface area contributed by atoms with E-state index in [2.05, 4.69) is 11.4 Å². The summed E-state index contributed by atoms with van der Waals surface area (Å²) in [5, 5.41) is 14.2. The van der Waals surface area contributed by atoms with Gasteiger partial charge in [-0.1, -0.05) is 18.2 Å². The van der Waals surface area contributed by atoms with Crippen LogP contribution in [0.15, 0.2) is 46.7 Å². The number of carbonyl (C=O) groups is 1. The Morgan fingerprint density at radius 2 is 2.09 bits per heavy atom. The number of nitrogens with one attached hydrogen (secondary N) is 1. The van der Waals surface area contributed by atoms with E-state index < -0.39 is 0 Å². The number of aliphatic hydroxyl groups excluding tert-OH is 1. The van der Waals surface area contributed by atoms with E-state index in [4.69, 9.17) is 0 Å². The number of amides is 1. The number of hydrogen-bond donors (Lipinski definition) is 2. The zero-order valence-electron chi connectivity index (χ0n) is 12.6. The van der Waals surface area contributed by atoms with Crippen molar-refractivity contribution >= 4 is 29.0 Å². The molecule has 0 fully saturated rings. The second-order valence-corrected chi connectivity index (χ2v) is 6.80. The summed E-state index contributed by atoms with van der Waals surface area (Å²) in [6.45, 7) is 0.788. The Morgan fingerprint density at radius 3 is 2.77 bits per heavy atom. The minimum absolute atomic E-state index is 0.0288. The van der Waals surface area contributed by atoms with E-state index in [1.807, 2.05) is 42.0 Å². The molecular formula is C17H21NO2S2. The molecule has 1 unspecified atom stereocenters. The van der Waals surface area contributed by atoms with E-state index in [0.717, 1.165) is 23.3 Å². The Bertz CT molecular complexity index is 584. The molecule has 2 N–H and O–H groups in total. The molecule has 22 heavy (non-hydrogen) atoms. The highest BCUT2D eigenvalue weighted by molar-refractivity contribution is 7.98. The van der Waals surface area contributed by atoms with Crippen LogP contribution in [0.4, 0.5) is 0 Å². The van der Waals surface area contributed by atoms with Crippen LogP contribution in [0.1, 0.15) is 34.0 Å². The molecule has 1 amide bonds. The van der Waals surface area contributed by atoms with Gasteiger partial charge in [0.1, 0.15) is 0 Å². The SMILES string of the molecule is CSc1ccccc1C(=O)NCCC(CCO)c1cccs1. The lowest BCUT2D eigenvalue weighted by Crippen LogP contribution is -2.26. The van der Waals surface area contributed by atoms with Gasteiger partial charge >= 0.3 is 0 Å². The maximum absolute atomic E-state index is 12.3. The molecule has 0 saturated heterocycles. The largest absolute Gasteiger partial charge is 0.396 e. The number of carbonyl (C=O) groups excluding carboxylic acids is 1. The standard InChI is InChI=1S/C17H21NO2S2/c1-21-16-6-3-2-5-14(16)17(20)18-10-8-13(9-11-19)15-7-4-12-22-15/h2-7,12-13,19H,8-11H2,1H3,(H,18,20). The number of rotatable bonds is 8. The highest BCUT2D eigenvalue weighted by Crippen LogP contribution is 2.27. The lowest BCUT2D eigenvalue weighted by atomic mass is 10.00. The summed E-state index contributed by atoms with van der Waals surface area (Å²) in [6, 6.07) is 11.8. The first-order chi connectivity index (χ1) is 10.8.